The second-order valence-electron chi connectivity index (χ2n) is 3.43. The highest BCUT2D eigenvalue weighted by Gasteiger charge is 2.07. The molecule has 3 nitrogen and oxygen atoms in total. The molecule has 0 bridgehead atoms. The molecule has 0 amide bonds. The van der Waals surface area contributed by atoms with Crippen LogP contribution in [0.4, 0.5) is 0 Å². The molecule has 0 unspecified atom stereocenters. The molecule has 3 heteroatoms. The number of nitrogens with one attached hydrogen (secondary N) is 1. The molecule has 2 rings (SSSR count). The van der Waals surface area contributed by atoms with Crippen LogP contribution in [0.1, 0.15) is 25.3 Å². The van der Waals surface area contributed by atoms with Crippen molar-refractivity contribution in [3.05, 3.63) is 34.1 Å². The largest absolute Gasteiger partial charge is 0.378 e. The van der Waals surface area contributed by atoms with Gasteiger partial charge >= 0.3 is 0 Å². The Kier molecular flexibility index (Phi) is 2.39. The number of hydrogen-bond donors (Lipinski definition) is 1. The molecule has 1 heterocycles. The first-order chi connectivity index (χ1) is 6.83. The number of unbranched alkanes of at least 4 members (excludes halogenated alkanes) is 1. The summed E-state index contributed by atoms with van der Waals surface area (Å²) in [5.74, 6) is 0. The second kappa shape index (κ2) is 3.70. The molecule has 0 radical (unpaired) electrons. The van der Waals surface area contributed by atoms with Crippen LogP contribution in [0.25, 0.3) is 11.0 Å². The van der Waals surface area contributed by atoms with Crippen molar-refractivity contribution in [1.29, 1.82) is 0 Å². The topological polar surface area (TPSA) is 46.0 Å². The van der Waals surface area contributed by atoms with Gasteiger partial charge in [0.2, 0.25) is 0 Å². The summed E-state index contributed by atoms with van der Waals surface area (Å²) in [6, 6.07) is 5.72. The van der Waals surface area contributed by atoms with Crippen molar-refractivity contribution < 1.29 is 4.52 Å². The monoisotopic (exact) mass is 191 g/mol. The van der Waals surface area contributed by atoms with E-state index in [1.807, 2.05) is 18.2 Å². The predicted molar refractivity (Wildman–Crippen MR) is 55.4 cm³/mol. The number of rotatable bonds is 3. The number of aromatic nitrogens is 1. The molecule has 2 aromatic rings. The van der Waals surface area contributed by atoms with E-state index in [1.165, 1.54) is 0 Å². The molecule has 0 aliphatic heterocycles. The van der Waals surface area contributed by atoms with E-state index in [4.69, 9.17) is 4.52 Å². The third-order valence-corrected chi connectivity index (χ3v) is 2.39. The minimum absolute atomic E-state index is 0.119. The lowest BCUT2D eigenvalue weighted by atomic mass is 10.1. The zero-order valence-corrected chi connectivity index (χ0v) is 8.17. The Bertz CT molecular complexity index is 481. The van der Waals surface area contributed by atoms with Crippen LogP contribution in [-0.4, -0.2) is 5.16 Å². The van der Waals surface area contributed by atoms with Crippen molar-refractivity contribution in [1.82, 2.24) is 5.16 Å². The van der Waals surface area contributed by atoms with Crippen LogP contribution in [0.5, 0.6) is 0 Å². The Hall–Kier alpha value is -1.51. The standard InChI is InChI=1S/C11H13NO2/c1-2-3-5-8-6-4-7-9-10(8)11(13)12-14-9/h4,6-7H,2-3,5H2,1H3,(H,12,13). The van der Waals surface area contributed by atoms with Crippen molar-refractivity contribution in [2.75, 3.05) is 0 Å². The minimum Gasteiger partial charge on any atom is -0.378 e. The van der Waals surface area contributed by atoms with E-state index in [-0.39, 0.29) is 5.56 Å². The zero-order valence-electron chi connectivity index (χ0n) is 8.17. The molecule has 0 aliphatic rings. The summed E-state index contributed by atoms with van der Waals surface area (Å²) in [6.45, 7) is 2.14. The number of benzene rings is 1. The maximum absolute atomic E-state index is 11.4. The molecule has 0 aliphatic carbocycles. The SMILES string of the molecule is CCCCc1cccc2o[nH]c(=O)c12. The van der Waals surface area contributed by atoms with Crippen molar-refractivity contribution in [2.24, 2.45) is 0 Å². The summed E-state index contributed by atoms with van der Waals surface area (Å²) in [5.41, 5.74) is 1.62. The Morgan fingerprint density at radius 2 is 2.29 bits per heavy atom. The lowest BCUT2D eigenvalue weighted by molar-refractivity contribution is 0.449. The smallest absolute Gasteiger partial charge is 0.288 e. The predicted octanol–water partition coefficient (Wildman–Crippen LogP) is 2.46. The molecular weight excluding hydrogens is 178 g/mol. The quantitative estimate of drug-likeness (QED) is 0.810. The van der Waals surface area contributed by atoms with Crippen molar-refractivity contribution in [3.63, 3.8) is 0 Å². The number of H-pyrrole nitrogens is 1. The fraction of sp³-hybridized carbons (Fsp3) is 0.364. The average molecular weight is 191 g/mol. The summed E-state index contributed by atoms with van der Waals surface area (Å²) >= 11 is 0. The number of aryl methyl sites for hydroxylation is 1. The minimum atomic E-state index is -0.119. The van der Waals surface area contributed by atoms with Gasteiger partial charge in [0, 0.05) is 0 Å². The summed E-state index contributed by atoms with van der Waals surface area (Å²) in [4.78, 5) is 11.4. The van der Waals surface area contributed by atoms with Gasteiger partial charge in [-0.3, -0.25) is 4.79 Å². The third-order valence-electron chi connectivity index (χ3n) is 2.39. The van der Waals surface area contributed by atoms with Gasteiger partial charge in [-0.25, -0.2) is 0 Å². The van der Waals surface area contributed by atoms with Gasteiger partial charge in [0.25, 0.3) is 5.56 Å². The lowest BCUT2D eigenvalue weighted by Gasteiger charge is -1.98. The van der Waals surface area contributed by atoms with Crippen molar-refractivity contribution >= 4 is 11.0 Å². The molecule has 0 saturated heterocycles. The second-order valence-corrected chi connectivity index (χ2v) is 3.43. The fourth-order valence-electron chi connectivity index (χ4n) is 1.65. The summed E-state index contributed by atoms with van der Waals surface area (Å²) < 4.78 is 5.03. The molecule has 74 valence electrons. The molecular formula is C11H13NO2. The number of fused-ring (bicyclic) bond motifs is 1. The molecule has 1 aromatic heterocycles. The Morgan fingerprint density at radius 3 is 3.07 bits per heavy atom. The van der Waals surface area contributed by atoms with Gasteiger partial charge in [-0.15, -0.1) is 0 Å². The maximum atomic E-state index is 11.4. The maximum Gasteiger partial charge on any atom is 0.288 e. The van der Waals surface area contributed by atoms with E-state index in [1.54, 1.807) is 0 Å². The highest BCUT2D eigenvalue weighted by atomic mass is 16.5. The van der Waals surface area contributed by atoms with E-state index in [2.05, 4.69) is 12.1 Å². The van der Waals surface area contributed by atoms with E-state index >= 15 is 0 Å². The first-order valence-electron chi connectivity index (χ1n) is 4.92. The lowest BCUT2D eigenvalue weighted by Crippen LogP contribution is -2.00. The van der Waals surface area contributed by atoms with Crippen molar-refractivity contribution in [3.8, 4) is 0 Å². The molecule has 0 spiro atoms. The van der Waals surface area contributed by atoms with Crippen LogP contribution in [0.3, 0.4) is 0 Å². The molecule has 0 saturated carbocycles. The molecule has 1 N–H and O–H groups in total. The van der Waals surface area contributed by atoms with Gasteiger partial charge in [0.15, 0.2) is 5.58 Å². The fourth-order valence-corrected chi connectivity index (χ4v) is 1.65. The van der Waals surface area contributed by atoms with Gasteiger partial charge in [0.05, 0.1) is 5.39 Å². The van der Waals surface area contributed by atoms with E-state index in [0.29, 0.717) is 11.0 Å². The highest BCUT2D eigenvalue weighted by Crippen LogP contribution is 2.16. The van der Waals surface area contributed by atoms with Crippen LogP contribution >= 0.6 is 0 Å². The van der Waals surface area contributed by atoms with Gasteiger partial charge in [-0.05, 0) is 24.5 Å². The van der Waals surface area contributed by atoms with Crippen LogP contribution in [0.2, 0.25) is 0 Å². The summed E-state index contributed by atoms with van der Waals surface area (Å²) in [5, 5.41) is 3.07. The molecule has 1 aromatic carbocycles. The first kappa shape index (κ1) is 9.06. The van der Waals surface area contributed by atoms with Crippen LogP contribution < -0.4 is 5.56 Å². The Labute approximate surface area is 81.7 Å². The summed E-state index contributed by atoms with van der Waals surface area (Å²) in [7, 11) is 0. The van der Waals surface area contributed by atoms with E-state index in [0.717, 1.165) is 24.8 Å². The van der Waals surface area contributed by atoms with E-state index in [9.17, 15) is 4.79 Å². The Morgan fingerprint density at radius 1 is 1.43 bits per heavy atom. The van der Waals surface area contributed by atoms with Crippen LogP contribution in [0, 0.1) is 0 Å². The zero-order chi connectivity index (χ0) is 9.97. The van der Waals surface area contributed by atoms with Gasteiger partial charge < -0.3 is 4.52 Å². The van der Waals surface area contributed by atoms with Gasteiger partial charge in [-0.2, -0.15) is 5.16 Å². The van der Waals surface area contributed by atoms with Gasteiger partial charge in [0.1, 0.15) is 0 Å². The molecule has 14 heavy (non-hydrogen) atoms. The first-order valence-corrected chi connectivity index (χ1v) is 4.92. The van der Waals surface area contributed by atoms with Gasteiger partial charge in [-0.1, -0.05) is 25.5 Å². The van der Waals surface area contributed by atoms with E-state index < -0.39 is 0 Å². The van der Waals surface area contributed by atoms with Crippen LogP contribution in [-0.2, 0) is 6.42 Å². The molecule has 0 fully saturated rings. The van der Waals surface area contributed by atoms with Crippen molar-refractivity contribution in [2.45, 2.75) is 26.2 Å². The number of aromatic amines is 1. The van der Waals surface area contributed by atoms with Crippen LogP contribution in [0.15, 0.2) is 27.5 Å². The molecule has 0 atom stereocenters. The third kappa shape index (κ3) is 1.45. The Balaban J connectivity index is 2.52. The summed E-state index contributed by atoms with van der Waals surface area (Å²) in [6.07, 6.45) is 3.17. The number of hydrogen-bond acceptors (Lipinski definition) is 2. The highest BCUT2D eigenvalue weighted by molar-refractivity contribution is 5.79. The normalized spacial score (nSPS) is 10.9. The average Bonchev–Trinajstić information content (AvgIpc) is 2.58.